The van der Waals surface area contributed by atoms with Crippen LogP contribution in [0.4, 0.5) is 0 Å². The fourth-order valence-electron chi connectivity index (χ4n) is 2.45. The van der Waals surface area contributed by atoms with E-state index in [1.165, 1.54) is 0 Å². The van der Waals surface area contributed by atoms with E-state index in [0.29, 0.717) is 13.0 Å². The molecule has 0 fully saturated rings. The third kappa shape index (κ3) is 3.32. The van der Waals surface area contributed by atoms with Crippen LogP contribution >= 0.6 is 0 Å². The maximum atomic E-state index is 11.1. The highest BCUT2D eigenvalue weighted by Crippen LogP contribution is 2.35. The van der Waals surface area contributed by atoms with E-state index < -0.39 is 11.6 Å². The van der Waals surface area contributed by atoms with Gasteiger partial charge in [-0.05, 0) is 18.1 Å². The molecule has 0 bridgehead atoms. The number of allylic oxidation sites excluding steroid dienone is 2. The van der Waals surface area contributed by atoms with Crippen LogP contribution < -0.4 is 0 Å². The van der Waals surface area contributed by atoms with Gasteiger partial charge in [0, 0.05) is 13.0 Å². The van der Waals surface area contributed by atoms with Crippen LogP contribution in [0.3, 0.4) is 0 Å². The second-order valence-corrected chi connectivity index (χ2v) is 4.66. The van der Waals surface area contributed by atoms with Gasteiger partial charge in [-0.15, -0.1) is 0 Å². The topological polar surface area (TPSA) is 46.5 Å². The van der Waals surface area contributed by atoms with Gasteiger partial charge in [-0.1, -0.05) is 48.6 Å². The second-order valence-electron chi connectivity index (χ2n) is 4.66. The zero-order valence-electron chi connectivity index (χ0n) is 11.0. The molecule has 100 valence electrons. The smallest absolute Gasteiger partial charge is 0.306 e. The Morgan fingerprint density at radius 2 is 2.11 bits per heavy atom. The SMILES string of the molecule is CCOC1(CC(=O)O)C=CC=C(c2ccccc2)C1. The standard InChI is InChI=1S/C16H18O3/c1-2-19-16(12-15(17)18)10-6-9-14(11-16)13-7-4-3-5-8-13/h3-10H,2,11-12H2,1H3,(H,17,18). The van der Waals surface area contributed by atoms with Crippen molar-refractivity contribution in [1.82, 2.24) is 0 Å². The molecule has 0 saturated carbocycles. The van der Waals surface area contributed by atoms with Gasteiger partial charge in [0.2, 0.25) is 0 Å². The van der Waals surface area contributed by atoms with Gasteiger partial charge in [0.1, 0.15) is 5.60 Å². The third-order valence-electron chi connectivity index (χ3n) is 3.21. The molecule has 0 amide bonds. The number of ether oxygens (including phenoxy) is 1. The van der Waals surface area contributed by atoms with Crippen molar-refractivity contribution >= 4 is 11.5 Å². The molecule has 0 saturated heterocycles. The summed E-state index contributed by atoms with van der Waals surface area (Å²) >= 11 is 0. The van der Waals surface area contributed by atoms with Crippen LogP contribution in [0, 0.1) is 0 Å². The molecule has 19 heavy (non-hydrogen) atoms. The summed E-state index contributed by atoms with van der Waals surface area (Å²) < 4.78 is 5.72. The molecule has 1 aromatic carbocycles. The summed E-state index contributed by atoms with van der Waals surface area (Å²) in [4.78, 5) is 11.1. The molecule has 3 heteroatoms. The maximum Gasteiger partial charge on any atom is 0.306 e. The first-order chi connectivity index (χ1) is 9.15. The number of benzene rings is 1. The Labute approximate surface area is 113 Å². The first-order valence-corrected chi connectivity index (χ1v) is 6.45. The minimum absolute atomic E-state index is 0.0124. The molecule has 1 N–H and O–H groups in total. The monoisotopic (exact) mass is 258 g/mol. The fraction of sp³-hybridized carbons (Fsp3) is 0.312. The number of hydrogen-bond donors (Lipinski definition) is 1. The summed E-state index contributed by atoms with van der Waals surface area (Å²) in [6.07, 6.45) is 6.35. The predicted molar refractivity (Wildman–Crippen MR) is 74.8 cm³/mol. The minimum atomic E-state index is -0.840. The summed E-state index contributed by atoms with van der Waals surface area (Å²) in [5.74, 6) is -0.840. The van der Waals surface area contributed by atoms with E-state index in [0.717, 1.165) is 11.1 Å². The van der Waals surface area contributed by atoms with E-state index >= 15 is 0 Å². The molecule has 1 aliphatic carbocycles. The lowest BCUT2D eigenvalue weighted by Gasteiger charge is -2.32. The van der Waals surface area contributed by atoms with E-state index in [9.17, 15) is 4.79 Å². The van der Waals surface area contributed by atoms with Crippen LogP contribution in [0.25, 0.3) is 5.57 Å². The fourth-order valence-corrected chi connectivity index (χ4v) is 2.45. The molecule has 3 nitrogen and oxygen atoms in total. The summed E-state index contributed by atoms with van der Waals surface area (Å²) in [7, 11) is 0. The average molecular weight is 258 g/mol. The minimum Gasteiger partial charge on any atom is -0.481 e. The number of aliphatic carboxylic acids is 1. The summed E-state index contributed by atoms with van der Waals surface area (Å²) in [6.45, 7) is 2.39. The number of carboxylic acid groups (broad SMARTS) is 1. The van der Waals surface area contributed by atoms with E-state index in [-0.39, 0.29) is 6.42 Å². The van der Waals surface area contributed by atoms with Crippen molar-refractivity contribution in [3.63, 3.8) is 0 Å². The first kappa shape index (κ1) is 13.6. The summed E-state index contributed by atoms with van der Waals surface area (Å²) in [5.41, 5.74) is 1.50. The first-order valence-electron chi connectivity index (χ1n) is 6.45. The quantitative estimate of drug-likeness (QED) is 0.881. The van der Waals surface area contributed by atoms with Crippen LogP contribution in [0.2, 0.25) is 0 Å². The molecular weight excluding hydrogens is 240 g/mol. The number of carbonyl (C=O) groups is 1. The highest BCUT2D eigenvalue weighted by Gasteiger charge is 2.33. The molecule has 0 radical (unpaired) electrons. The van der Waals surface area contributed by atoms with Gasteiger partial charge >= 0.3 is 5.97 Å². The second kappa shape index (κ2) is 5.85. The average Bonchev–Trinajstić information content (AvgIpc) is 2.39. The van der Waals surface area contributed by atoms with Crippen LogP contribution in [-0.4, -0.2) is 23.3 Å². The van der Waals surface area contributed by atoms with Crippen molar-refractivity contribution in [3.8, 4) is 0 Å². The Hall–Kier alpha value is -1.87. The lowest BCUT2D eigenvalue weighted by Crippen LogP contribution is -2.34. The van der Waals surface area contributed by atoms with Gasteiger partial charge in [-0.25, -0.2) is 0 Å². The van der Waals surface area contributed by atoms with Crippen LogP contribution in [0.15, 0.2) is 48.6 Å². The highest BCUT2D eigenvalue weighted by molar-refractivity contribution is 5.73. The zero-order valence-corrected chi connectivity index (χ0v) is 11.0. The van der Waals surface area contributed by atoms with Gasteiger partial charge in [-0.3, -0.25) is 4.79 Å². The van der Waals surface area contributed by atoms with Crippen LogP contribution in [-0.2, 0) is 9.53 Å². The summed E-state index contributed by atoms with van der Waals surface area (Å²) in [6, 6.07) is 9.99. The maximum absolute atomic E-state index is 11.1. The lowest BCUT2D eigenvalue weighted by molar-refractivity contribution is -0.142. The van der Waals surface area contributed by atoms with Crippen molar-refractivity contribution in [3.05, 3.63) is 54.1 Å². The Kier molecular flexibility index (Phi) is 4.17. The molecule has 2 rings (SSSR count). The van der Waals surface area contributed by atoms with Gasteiger partial charge in [0.05, 0.1) is 6.42 Å². The molecule has 0 heterocycles. The molecule has 1 aliphatic rings. The Morgan fingerprint density at radius 1 is 1.37 bits per heavy atom. The lowest BCUT2D eigenvalue weighted by atomic mass is 9.84. The third-order valence-corrected chi connectivity index (χ3v) is 3.21. The molecule has 0 aromatic heterocycles. The van der Waals surface area contributed by atoms with E-state index in [1.54, 1.807) is 0 Å². The van der Waals surface area contributed by atoms with E-state index in [1.807, 2.05) is 55.5 Å². The van der Waals surface area contributed by atoms with Gasteiger partial charge in [-0.2, -0.15) is 0 Å². The van der Waals surface area contributed by atoms with Gasteiger partial charge in [0.25, 0.3) is 0 Å². The Morgan fingerprint density at radius 3 is 2.74 bits per heavy atom. The largest absolute Gasteiger partial charge is 0.481 e. The van der Waals surface area contributed by atoms with Gasteiger partial charge < -0.3 is 9.84 Å². The molecule has 0 spiro atoms. The van der Waals surface area contributed by atoms with Gasteiger partial charge in [0.15, 0.2) is 0 Å². The number of rotatable bonds is 5. The molecule has 1 aromatic rings. The van der Waals surface area contributed by atoms with Crippen molar-refractivity contribution < 1.29 is 14.6 Å². The molecule has 1 unspecified atom stereocenters. The molecule has 0 aliphatic heterocycles. The normalized spacial score (nSPS) is 22.1. The number of hydrogen-bond acceptors (Lipinski definition) is 2. The van der Waals surface area contributed by atoms with Crippen LogP contribution in [0.1, 0.15) is 25.3 Å². The van der Waals surface area contributed by atoms with Crippen molar-refractivity contribution in [2.24, 2.45) is 0 Å². The Bertz CT molecular complexity index is 502. The molecule has 1 atom stereocenters. The van der Waals surface area contributed by atoms with E-state index in [4.69, 9.17) is 9.84 Å². The Balaban J connectivity index is 2.25. The highest BCUT2D eigenvalue weighted by atomic mass is 16.5. The zero-order chi connectivity index (χ0) is 13.7. The molecular formula is C16H18O3. The summed E-state index contributed by atoms with van der Waals surface area (Å²) in [5, 5.41) is 9.08. The van der Waals surface area contributed by atoms with Crippen molar-refractivity contribution in [1.29, 1.82) is 0 Å². The van der Waals surface area contributed by atoms with Crippen molar-refractivity contribution in [2.75, 3.05) is 6.61 Å². The van der Waals surface area contributed by atoms with Crippen molar-refractivity contribution in [2.45, 2.75) is 25.4 Å². The number of carboxylic acids is 1. The van der Waals surface area contributed by atoms with E-state index in [2.05, 4.69) is 0 Å². The predicted octanol–water partition coefficient (Wildman–Crippen LogP) is 3.28. The van der Waals surface area contributed by atoms with Crippen LogP contribution in [0.5, 0.6) is 0 Å².